The Hall–Kier alpha value is -1.37. The van der Waals surface area contributed by atoms with Crippen molar-refractivity contribution in [3.8, 4) is 0 Å². The Morgan fingerprint density at radius 2 is 2.29 bits per heavy atom. The summed E-state index contributed by atoms with van der Waals surface area (Å²) in [7, 11) is 3.61. The molecule has 0 unspecified atom stereocenters. The van der Waals surface area contributed by atoms with E-state index in [0.717, 1.165) is 11.5 Å². The van der Waals surface area contributed by atoms with Crippen LogP contribution in [0, 0.1) is 10.1 Å². The highest BCUT2D eigenvalue weighted by Crippen LogP contribution is 2.37. The van der Waals surface area contributed by atoms with Crippen molar-refractivity contribution in [3.05, 3.63) is 10.1 Å². The van der Waals surface area contributed by atoms with Crippen LogP contribution in [0.15, 0.2) is 0 Å². The molecule has 7 heteroatoms. The normalized spacial score (nSPS) is 9.93. The van der Waals surface area contributed by atoms with Crippen LogP contribution in [0.1, 0.15) is 6.92 Å². The molecule has 1 heterocycles. The van der Waals surface area contributed by atoms with E-state index in [1.54, 1.807) is 19.0 Å². The number of aromatic nitrogens is 1. The Morgan fingerprint density at radius 3 is 2.71 bits per heavy atom. The molecule has 0 aliphatic rings. The van der Waals surface area contributed by atoms with Gasteiger partial charge in [-0.3, -0.25) is 10.1 Å². The SMILES string of the molecule is CCNc1c(N(C)C)nsc1[N+](=O)[O-]. The van der Waals surface area contributed by atoms with Crippen LogP contribution in [0.4, 0.5) is 16.5 Å². The zero-order chi connectivity index (χ0) is 10.7. The van der Waals surface area contributed by atoms with Crippen LogP contribution in [0.5, 0.6) is 0 Å². The molecule has 0 fully saturated rings. The fraction of sp³-hybridized carbons (Fsp3) is 0.571. The lowest BCUT2D eigenvalue weighted by molar-refractivity contribution is -0.379. The van der Waals surface area contributed by atoms with Crippen molar-refractivity contribution in [1.82, 2.24) is 4.37 Å². The second-order valence-corrected chi connectivity index (χ2v) is 3.62. The van der Waals surface area contributed by atoms with E-state index in [4.69, 9.17) is 0 Å². The zero-order valence-electron chi connectivity index (χ0n) is 8.27. The molecule has 0 spiro atoms. The zero-order valence-corrected chi connectivity index (χ0v) is 9.09. The molecule has 0 amide bonds. The first kappa shape index (κ1) is 10.7. The molecule has 0 aliphatic carbocycles. The molecular weight excluding hydrogens is 204 g/mol. The molecule has 1 aromatic rings. The standard InChI is InChI=1S/C7H12N4O2S/c1-4-8-5-6(10(2)3)9-14-7(5)11(12)13/h8H,4H2,1-3H3. The molecule has 78 valence electrons. The maximum absolute atomic E-state index is 10.6. The van der Waals surface area contributed by atoms with Gasteiger partial charge in [0.1, 0.15) is 0 Å². The van der Waals surface area contributed by atoms with Gasteiger partial charge < -0.3 is 10.2 Å². The fourth-order valence-corrected chi connectivity index (χ4v) is 1.78. The largest absolute Gasteiger partial charge is 0.376 e. The first-order valence-electron chi connectivity index (χ1n) is 4.13. The number of nitrogens with one attached hydrogen (secondary N) is 1. The molecule has 1 rings (SSSR count). The summed E-state index contributed by atoms with van der Waals surface area (Å²) in [5.74, 6) is 0.614. The lowest BCUT2D eigenvalue weighted by Gasteiger charge is -2.10. The minimum Gasteiger partial charge on any atom is -0.376 e. The Balaban J connectivity index is 3.13. The van der Waals surface area contributed by atoms with Crippen LogP contribution in [0.3, 0.4) is 0 Å². The molecule has 14 heavy (non-hydrogen) atoms. The third-order valence-corrected chi connectivity index (χ3v) is 2.39. The average molecular weight is 216 g/mol. The molecule has 0 atom stereocenters. The summed E-state index contributed by atoms with van der Waals surface area (Å²) in [6.07, 6.45) is 0. The summed E-state index contributed by atoms with van der Waals surface area (Å²) in [6, 6.07) is 0. The first-order chi connectivity index (χ1) is 6.57. The van der Waals surface area contributed by atoms with Crippen molar-refractivity contribution in [2.45, 2.75) is 6.92 Å². The molecule has 0 aliphatic heterocycles. The van der Waals surface area contributed by atoms with Crippen LogP contribution in [-0.2, 0) is 0 Å². The summed E-state index contributed by atoms with van der Waals surface area (Å²) in [5.41, 5.74) is 0.507. The Kier molecular flexibility index (Phi) is 3.23. The van der Waals surface area contributed by atoms with Gasteiger partial charge in [-0.25, -0.2) is 0 Å². The van der Waals surface area contributed by atoms with Crippen molar-refractivity contribution in [3.63, 3.8) is 0 Å². The first-order valence-corrected chi connectivity index (χ1v) is 4.90. The number of rotatable bonds is 4. The third kappa shape index (κ3) is 1.92. The molecule has 0 saturated heterocycles. The van der Waals surface area contributed by atoms with Crippen molar-refractivity contribution < 1.29 is 4.92 Å². The lowest BCUT2D eigenvalue weighted by Crippen LogP contribution is -2.12. The van der Waals surface area contributed by atoms with E-state index in [-0.39, 0.29) is 5.00 Å². The predicted molar refractivity (Wildman–Crippen MR) is 57.3 cm³/mol. The highest BCUT2D eigenvalue weighted by atomic mass is 32.1. The van der Waals surface area contributed by atoms with Crippen molar-refractivity contribution >= 4 is 28.0 Å². The number of nitro groups is 1. The monoisotopic (exact) mass is 216 g/mol. The Bertz CT molecular complexity index is 336. The number of nitrogens with zero attached hydrogens (tertiary/aromatic N) is 3. The van der Waals surface area contributed by atoms with Gasteiger partial charge in [-0.2, -0.15) is 4.37 Å². The smallest absolute Gasteiger partial charge is 0.368 e. The summed E-state index contributed by atoms with van der Waals surface area (Å²) in [5, 5.41) is 13.7. The Labute approximate surface area is 85.9 Å². The van der Waals surface area contributed by atoms with E-state index in [1.165, 1.54) is 0 Å². The van der Waals surface area contributed by atoms with Crippen molar-refractivity contribution in [2.24, 2.45) is 0 Å². The number of hydrogen-bond donors (Lipinski definition) is 1. The van der Waals surface area contributed by atoms with Gasteiger partial charge in [-0.15, -0.1) is 0 Å². The summed E-state index contributed by atoms with van der Waals surface area (Å²) >= 11 is 0.899. The highest BCUT2D eigenvalue weighted by Gasteiger charge is 2.23. The fourth-order valence-electron chi connectivity index (χ4n) is 1.03. The molecule has 0 saturated carbocycles. The minimum absolute atomic E-state index is 0.0653. The van der Waals surface area contributed by atoms with E-state index in [1.807, 2.05) is 6.92 Å². The third-order valence-electron chi connectivity index (χ3n) is 1.60. The van der Waals surface area contributed by atoms with Gasteiger partial charge in [0.15, 0.2) is 11.5 Å². The Morgan fingerprint density at radius 1 is 1.64 bits per heavy atom. The van der Waals surface area contributed by atoms with Crippen LogP contribution in [0.2, 0.25) is 0 Å². The van der Waals surface area contributed by atoms with Crippen LogP contribution >= 0.6 is 11.5 Å². The van der Waals surface area contributed by atoms with Crippen molar-refractivity contribution in [1.29, 1.82) is 0 Å². The molecular formula is C7H12N4O2S. The van der Waals surface area contributed by atoms with Crippen LogP contribution in [0.25, 0.3) is 0 Å². The quantitative estimate of drug-likeness (QED) is 0.610. The highest BCUT2D eigenvalue weighted by molar-refractivity contribution is 7.10. The van der Waals surface area contributed by atoms with Gasteiger partial charge >= 0.3 is 5.00 Å². The molecule has 1 aromatic heterocycles. The number of hydrogen-bond acceptors (Lipinski definition) is 6. The molecule has 0 radical (unpaired) electrons. The second-order valence-electron chi connectivity index (χ2n) is 2.87. The molecule has 1 N–H and O–H groups in total. The summed E-state index contributed by atoms with van der Waals surface area (Å²) in [4.78, 5) is 12.0. The second kappa shape index (κ2) is 4.23. The van der Waals surface area contributed by atoms with Gasteiger partial charge in [0.05, 0.1) is 4.92 Å². The number of anilines is 2. The lowest BCUT2D eigenvalue weighted by atomic mass is 10.4. The van der Waals surface area contributed by atoms with E-state index < -0.39 is 4.92 Å². The van der Waals surface area contributed by atoms with Gasteiger partial charge in [-0.1, -0.05) is 0 Å². The summed E-state index contributed by atoms with van der Waals surface area (Å²) < 4.78 is 4.02. The minimum atomic E-state index is -0.414. The molecule has 0 aromatic carbocycles. The topological polar surface area (TPSA) is 71.3 Å². The maximum Gasteiger partial charge on any atom is 0.368 e. The van der Waals surface area contributed by atoms with Crippen LogP contribution < -0.4 is 10.2 Å². The average Bonchev–Trinajstić information content (AvgIpc) is 2.48. The van der Waals surface area contributed by atoms with E-state index >= 15 is 0 Å². The van der Waals surface area contributed by atoms with Gasteiger partial charge in [0.25, 0.3) is 0 Å². The maximum atomic E-state index is 10.6. The van der Waals surface area contributed by atoms with Gasteiger partial charge in [0.2, 0.25) is 0 Å². The van der Waals surface area contributed by atoms with E-state index in [9.17, 15) is 10.1 Å². The van der Waals surface area contributed by atoms with E-state index in [2.05, 4.69) is 9.69 Å². The summed E-state index contributed by atoms with van der Waals surface area (Å²) in [6.45, 7) is 2.53. The van der Waals surface area contributed by atoms with Crippen LogP contribution in [-0.4, -0.2) is 29.9 Å². The predicted octanol–water partition coefficient (Wildman–Crippen LogP) is 1.55. The van der Waals surface area contributed by atoms with Gasteiger partial charge in [0, 0.05) is 32.2 Å². The van der Waals surface area contributed by atoms with Gasteiger partial charge in [-0.05, 0) is 6.92 Å². The molecule has 0 bridgehead atoms. The van der Waals surface area contributed by atoms with E-state index in [0.29, 0.717) is 18.1 Å². The van der Waals surface area contributed by atoms with Crippen molar-refractivity contribution in [2.75, 3.05) is 30.9 Å². The molecule has 6 nitrogen and oxygen atoms in total.